The molecule has 0 unspecified atom stereocenters. The first kappa shape index (κ1) is 11.3. The molecule has 3 rings (SSSR count). The van der Waals surface area contributed by atoms with Gasteiger partial charge in [-0.1, -0.05) is 6.07 Å². The van der Waals surface area contributed by atoms with Crippen molar-refractivity contribution in [3.8, 4) is 11.3 Å². The molecule has 5 heteroatoms. The van der Waals surface area contributed by atoms with Gasteiger partial charge in [-0.05, 0) is 31.0 Å². The highest BCUT2D eigenvalue weighted by molar-refractivity contribution is 5.60. The molecule has 94 valence electrons. The van der Waals surface area contributed by atoms with Crippen LogP contribution in [0, 0.1) is 11.6 Å². The van der Waals surface area contributed by atoms with Gasteiger partial charge >= 0.3 is 0 Å². The quantitative estimate of drug-likeness (QED) is 0.874. The lowest BCUT2D eigenvalue weighted by atomic mass is 10.1. The summed E-state index contributed by atoms with van der Waals surface area (Å²) in [7, 11) is 0. The maximum atomic E-state index is 13.6. The summed E-state index contributed by atoms with van der Waals surface area (Å²) >= 11 is 0. The number of rotatable bonds is 4. The van der Waals surface area contributed by atoms with E-state index in [-0.39, 0.29) is 5.56 Å². The van der Waals surface area contributed by atoms with E-state index < -0.39 is 11.6 Å². The second-order valence-electron chi connectivity index (χ2n) is 4.53. The second-order valence-corrected chi connectivity index (χ2v) is 4.53. The maximum absolute atomic E-state index is 13.6. The molecule has 0 bridgehead atoms. The number of H-pyrrole nitrogens is 1. The Morgan fingerprint density at radius 2 is 2.17 bits per heavy atom. The number of hydrogen-bond acceptors (Lipinski definition) is 2. The predicted octanol–water partition coefficient (Wildman–Crippen LogP) is 2.61. The fourth-order valence-electron chi connectivity index (χ4n) is 1.83. The topological polar surface area (TPSA) is 40.7 Å². The van der Waals surface area contributed by atoms with E-state index >= 15 is 0 Å². The third-order valence-electron chi connectivity index (χ3n) is 3.02. The molecule has 1 saturated carbocycles. The van der Waals surface area contributed by atoms with E-state index in [2.05, 4.69) is 15.5 Å². The molecule has 3 nitrogen and oxygen atoms in total. The first-order chi connectivity index (χ1) is 8.74. The molecule has 1 heterocycles. The Morgan fingerprint density at radius 1 is 1.33 bits per heavy atom. The van der Waals surface area contributed by atoms with Crippen LogP contribution in [0.3, 0.4) is 0 Å². The van der Waals surface area contributed by atoms with E-state index in [9.17, 15) is 8.78 Å². The molecule has 2 aromatic rings. The van der Waals surface area contributed by atoms with E-state index in [0.29, 0.717) is 18.3 Å². The van der Waals surface area contributed by atoms with Gasteiger partial charge in [-0.15, -0.1) is 0 Å². The van der Waals surface area contributed by atoms with Gasteiger partial charge in [-0.25, -0.2) is 8.78 Å². The number of hydrogen-bond donors (Lipinski definition) is 2. The molecule has 0 radical (unpaired) electrons. The second kappa shape index (κ2) is 4.49. The highest BCUT2D eigenvalue weighted by Crippen LogP contribution is 2.23. The molecule has 18 heavy (non-hydrogen) atoms. The molecular weight excluding hydrogens is 236 g/mol. The first-order valence-electron chi connectivity index (χ1n) is 5.96. The number of halogens is 2. The molecule has 0 saturated heterocycles. The Kier molecular flexibility index (Phi) is 2.83. The standard InChI is InChI=1S/C13H13F2N3/c14-11-3-1-2-10(13(11)15)12-6-9(17-18-12)7-16-8-4-5-8/h1-3,6,8,16H,4-5,7H2,(H,17,18). The summed E-state index contributed by atoms with van der Waals surface area (Å²) in [5.41, 5.74) is 1.49. The minimum absolute atomic E-state index is 0.184. The number of aromatic nitrogens is 2. The van der Waals surface area contributed by atoms with E-state index in [1.54, 1.807) is 6.07 Å². The van der Waals surface area contributed by atoms with Crippen molar-refractivity contribution in [1.29, 1.82) is 0 Å². The zero-order chi connectivity index (χ0) is 12.5. The molecule has 1 aromatic carbocycles. The van der Waals surface area contributed by atoms with E-state index in [1.807, 2.05) is 0 Å². The zero-order valence-electron chi connectivity index (χ0n) is 9.71. The van der Waals surface area contributed by atoms with Crippen molar-refractivity contribution in [1.82, 2.24) is 15.5 Å². The molecule has 1 aliphatic rings. The zero-order valence-corrected chi connectivity index (χ0v) is 9.71. The van der Waals surface area contributed by atoms with E-state index in [1.165, 1.54) is 25.0 Å². The van der Waals surface area contributed by atoms with Crippen molar-refractivity contribution in [2.24, 2.45) is 0 Å². The molecular formula is C13H13F2N3. The lowest BCUT2D eigenvalue weighted by Gasteiger charge is -1.99. The number of benzene rings is 1. The van der Waals surface area contributed by atoms with Gasteiger partial charge < -0.3 is 5.32 Å². The van der Waals surface area contributed by atoms with Crippen molar-refractivity contribution in [3.63, 3.8) is 0 Å². The highest BCUT2D eigenvalue weighted by atomic mass is 19.2. The largest absolute Gasteiger partial charge is 0.308 e. The van der Waals surface area contributed by atoms with Gasteiger partial charge in [0, 0.05) is 23.8 Å². The summed E-state index contributed by atoms with van der Waals surface area (Å²) in [6.07, 6.45) is 2.42. The van der Waals surface area contributed by atoms with Gasteiger partial charge in [0.2, 0.25) is 0 Å². The van der Waals surface area contributed by atoms with E-state index in [4.69, 9.17) is 0 Å². The molecule has 0 aliphatic heterocycles. The van der Waals surface area contributed by atoms with Crippen LogP contribution in [0.2, 0.25) is 0 Å². The summed E-state index contributed by atoms with van der Waals surface area (Å²) in [5.74, 6) is -1.71. The molecule has 0 atom stereocenters. The van der Waals surface area contributed by atoms with Gasteiger partial charge in [0.1, 0.15) is 0 Å². The SMILES string of the molecule is Fc1cccc(-c2cc(CNC3CC3)[nH]n2)c1F. The number of nitrogens with zero attached hydrogens (tertiary/aromatic N) is 1. The monoisotopic (exact) mass is 249 g/mol. The Labute approximate surface area is 103 Å². The fraction of sp³-hybridized carbons (Fsp3) is 0.308. The average molecular weight is 249 g/mol. The minimum Gasteiger partial charge on any atom is -0.308 e. The summed E-state index contributed by atoms with van der Waals surface area (Å²) < 4.78 is 26.7. The number of nitrogens with one attached hydrogen (secondary N) is 2. The Bertz CT molecular complexity index is 561. The van der Waals surface area contributed by atoms with Crippen LogP contribution in [0.15, 0.2) is 24.3 Å². The average Bonchev–Trinajstić information content (AvgIpc) is 3.08. The molecule has 0 spiro atoms. The molecule has 1 aromatic heterocycles. The normalized spacial score (nSPS) is 15.0. The van der Waals surface area contributed by atoms with Gasteiger partial charge in [-0.2, -0.15) is 5.10 Å². The third-order valence-corrected chi connectivity index (χ3v) is 3.02. The summed E-state index contributed by atoms with van der Waals surface area (Å²) in [5, 5.41) is 10.2. The van der Waals surface area contributed by atoms with Crippen LogP contribution >= 0.6 is 0 Å². The summed E-state index contributed by atoms with van der Waals surface area (Å²) in [4.78, 5) is 0. The number of aromatic amines is 1. The van der Waals surface area contributed by atoms with Crippen LogP contribution in [-0.4, -0.2) is 16.2 Å². The van der Waals surface area contributed by atoms with Crippen LogP contribution in [0.1, 0.15) is 18.5 Å². The van der Waals surface area contributed by atoms with Crippen LogP contribution in [-0.2, 0) is 6.54 Å². The molecule has 2 N–H and O–H groups in total. The predicted molar refractivity (Wildman–Crippen MR) is 63.8 cm³/mol. The van der Waals surface area contributed by atoms with Crippen molar-refractivity contribution < 1.29 is 8.78 Å². The van der Waals surface area contributed by atoms with Crippen LogP contribution in [0.5, 0.6) is 0 Å². The smallest absolute Gasteiger partial charge is 0.168 e. The van der Waals surface area contributed by atoms with Crippen LogP contribution in [0.25, 0.3) is 11.3 Å². The first-order valence-corrected chi connectivity index (χ1v) is 5.96. The van der Waals surface area contributed by atoms with Crippen molar-refractivity contribution >= 4 is 0 Å². The summed E-state index contributed by atoms with van der Waals surface area (Å²) in [6, 6.07) is 6.44. The molecule has 1 fully saturated rings. The fourth-order valence-corrected chi connectivity index (χ4v) is 1.83. The van der Waals surface area contributed by atoms with Crippen LogP contribution < -0.4 is 5.32 Å². The highest BCUT2D eigenvalue weighted by Gasteiger charge is 2.20. The summed E-state index contributed by atoms with van der Waals surface area (Å²) in [6.45, 7) is 0.675. The van der Waals surface area contributed by atoms with Crippen molar-refractivity contribution in [2.45, 2.75) is 25.4 Å². The molecule has 0 amide bonds. The Hall–Kier alpha value is -1.75. The third kappa shape index (κ3) is 2.26. The minimum atomic E-state index is -0.856. The van der Waals surface area contributed by atoms with Crippen molar-refractivity contribution in [2.75, 3.05) is 0 Å². The van der Waals surface area contributed by atoms with Crippen molar-refractivity contribution in [3.05, 3.63) is 41.6 Å². The Balaban J connectivity index is 1.80. The van der Waals surface area contributed by atoms with Gasteiger partial charge in [-0.3, -0.25) is 5.10 Å². The van der Waals surface area contributed by atoms with Gasteiger partial charge in [0.25, 0.3) is 0 Å². The molecule has 1 aliphatic carbocycles. The lowest BCUT2D eigenvalue weighted by molar-refractivity contribution is 0.511. The maximum Gasteiger partial charge on any atom is 0.168 e. The van der Waals surface area contributed by atoms with Gasteiger partial charge in [0.05, 0.1) is 5.69 Å². The van der Waals surface area contributed by atoms with Gasteiger partial charge in [0.15, 0.2) is 11.6 Å². The lowest BCUT2D eigenvalue weighted by Crippen LogP contribution is -2.15. The van der Waals surface area contributed by atoms with E-state index in [0.717, 1.165) is 11.8 Å². The van der Waals surface area contributed by atoms with Crippen LogP contribution in [0.4, 0.5) is 8.78 Å². The Morgan fingerprint density at radius 3 is 2.94 bits per heavy atom.